The molecule has 1 aliphatic carbocycles. The van der Waals surface area contributed by atoms with E-state index in [9.17, 15) is 0 Å². The van der Waals surface area contributed by atoms with Gasteiger partial charge in [0.2, 0.25) is 5.88 Å². The molecule has 0 aromatic carbocycles. The third kappa shape index (κ3) is 1.40. The largest absolute Gasteiger partial charge is 0.481 e. The summed E-state index contributed by atoms with van der Waals surface area (Å²) >= 11 is 0. The van der Waals surface area contributed by atoms with Gasteiger partial charge in [0.05, 0.1) is 7.11 Å². The lowest BCUT2D eigenvalue weighted by Crippen LogP contribution is -2.19. The van der Waals surface area contributed by atoms with Gasteiger partial charge in [0.25, 0.3) is 0 Å². The van der Waals surface area contributed by atoms with Gasteiger partial charge >= 0.3 is 0 Å². The topological polar surface area (TPSA) is 48.1 Å². The van der Waals surface area contributed by atoms with E-state index < -0.39 is 0 Å². The zero-order valence-electron chi connectivity index (χ0n) is 7.79. The first kappa shape index (κ1) is 8.51. The Kier molecular flexibility index (Phi) is 1.96. The van der Waals surface area contributed by atoms with Crippen LogP contribution in [-0.4, -0.2) is 18.6 Å². The van der Waals surface area contributed by atoms with Gasteiger partial charge in [-0.25, -0.2) is 4.98 Å². The van der Waals surface area contributed by atoms with E-state index in [1.807, 2.05) is 12.1 Å². The molecule has 0 saturated heterocycles. The van der Waals surface area contributed by atoms with E-state index in [-0.39, 0.29) is 5.41 Å². The smallest absolute Gasteiger partial charge is 0.213 e. The highest BCUT2D eigenvalue weighted by molar-refractivity contribution is 5.33. The quantitative estimate of drug-likeness (QED) is 0.753. The molecule has 0 aliphatic heterocycles. The summed E-state index contributed by atoms with van der Waals surface area (Å²) in [6.45, 7) is 0.722. The van der Waals surface area contributed by atoms with Gasteiger partial charge in [-0.15, -0.1) is 0 Å². The Hall–Kier alpha value is -1.09. The summed E-state index contributed by atoms with van der Waals surface area (Å²) in [5, 5.41) is 0. The van der Waals surface area contributed by atoms with E-state index in [4.69, 9.17) is 10.5 Å². The Morgan fingerprint density at radius 1 is 1.62 bits per heavy atom. The monoisotopic (exact) mass is 178 g/mol. The Balaban J connectivity index is 2.30. The van der Waals surface area contributed by atoms with Crippen molar-refractivity contribution in [2.75, 3.05) is 13.7 Å². The summed E-state index contributed by atoms with van der Waals surface area (Å²) in [6, 6.07) is 4.02. The SMILES string of the molecule is COc1cc(C2(CN)CC2)ccn1. The zero-order valence-corrected chi connectivity index (χ0v) is 7.79. The van der Waals surface area contributed by atoms with E-state index in [1.165, 1.54) is 18.4 Å². The number of ether oxygens (including phenoxy) is 1. The van der Waals surface area contributed by atoms with Crippen molar-refractivity contribution in [2.45, 2.75) is 18.3 Å². The summed E-state index contributed by atoms with van der Waals surface area (Å²) in [5.41, 5.74) is 7.23. The van der Waals surface area contributed by atoms with Crippen LogP contribution in [0.1, 0.15) is 18.4 Å². The summed E-state index contributed by atoms with van der Waals surface area (Å²) < 4.78 is 5.07. The summed E-state index contributed by atoms with van der Waals surface area (Å²) in [4.78, 5) is 4.07. The molecular formula is C10H14N2O. The van der Waals surface area contributed by atoms with Crippen LogP contribution in [0, 0.1) is 0 Å². The fourth-order valence-corrected chi connectivity index (χ4v) is 1.61. The number of hydrogen-bond donors (Lipinski definition) is 1. The first-order valence-electron chi connectivity index (χ1n) is 4.51. The molecule has 0 amide bonds. The molecular weight excluding hydrogens is 164 g/mol. The maximum Gasteiger partial charge on any atom is 0.213 e. The van der Waals surface area contributed by atoms with Crippen molar-refractivity contribution < 1.29 is 4.74 Å². The Morgan fingerprint density at radius 2 is 2.38 bits per heavy atom. The van der Waals surface area contributed by atoms with Crippen LogP contribution >= 0.6 is 0 Å². The van der Waals surface area contributed by atoms with E-state index in [0.29, 0.717) is 5.88 Å². The second-order valence-electron chi connectivity index (χ2n) is 3.57. The Bertz CT molecular complexity index is 308. The van der Waals surface area contributed by atoms with Crippen LogP contribution in [0.15, 0.2) is 18.3 Å². The van der Waals surface area contributed by atoms with Gasteiger partial charge in [-0.05, 0) is 24.5 Å². The van der Waals surface area contributed by atoms with Crippen LogP contribution in [0.2, 0.25) is 0 Å². The molecule has 0 bridgehead atoms. The van der Waals surface area contributed by atoms with Crippen LogP contribution in [0.25, 0.3) is 0 Å². The number of hydrogen-bond acceptors (Lipinski definition) is 3. The van der Waals surface area contributed by atoms with Crippen LogP contribution in [0.5, 0.6) is 5.88 Å². The molecule has 1 aromatic heterocycles. The van der Waals surface area contributed by atoms with E-state index in [2.05, 4.69) is 4.98 Å². The van der Waals surface area contributed by atoms with Crippen LogP contribution in [0.4, 0.5) is 0 Å². The van der Waals surface area contributed by atoms with Crippen molar-refractivity contribution in [3.05, 3.63) is 23.9 Å². The highest BCUT2D eigenvalue weighted by Crippen LogP contribution is 2.47. The third-order valence-electron chi connectivity index (χ3n) is 2.80. The summed E-state index contributed by atoms with van der Waals surface area (Å²) in [6.07, 6.45) is 4.16. The summed E-state index contributed by atoms with van der Waals surface area (Å²) in [7, 11) is 1.63. The molecule has 3 heteroatoms. The minimum absolute atomic E-state index is 0.232. The number of nitrogens with two attached hydrogens (primary N) is 1. The van der Waals surface area contributed by atoms with Crippen molar-refractivity contribution >= 4 is 0 Å². The number of aromatic nitrogens is 1. The molecule has 1 heterocycles. The van der Waals surface area contributed by atoms with E-state index >= 15 is 0 Å². The van der Waals surface area contributed by atoms with Crippen LogP contribution in [0.3, 0.4) is 0 Å². The first-order valence-corrected chi connectivity index (χ1v) is 4.51. The maximum absolute atomic E-state index is 5.73. The Labute approximate surface area is 77.9 Å². The summed E-state index contributed by atoms with van der Waals surface area (Å²) in [5.74, 6) is 0.678. The zero-order chi connectivity index (χ0) is 9.31. The molecule has 0 unspecified atom stereocenters. The molecule has 0 atom stereocenters. The Morgan fingerprint density at radius 3 is 2.92 bits per heavy atom. The average molecular weight is 178 g/mol. The lowest BCUT2D eigenvalue weighted by Gasteiger charge is -2.12. The molecule has 1 fully saturated rings. The fourth-order valence-electron chi connectivity index (χ4n) is 1.61. The normalized spacial score (nSPS) is 18.3. The molecule has 70 valence electrons. The van der Waals surface area contributed by atoms with Crippen molar-refractivity contribution in [3.63, 3.8) is 0 Å². The minimum Gasteiger partial charge on any atom is -0.481 e. The van der Waals surface area contributed by atoms with Crippen molar-refractivity contribution in [2.24, 2.45) is 5.73 Å². The van der Waals surface area contributed by atoms with Gasteiger partial charge < -0.3 is 10.5 Å². The average Bonchev–Trinajstić information content (AvgIpc) is 2.99. The molecule has 1 aromatic rings. The van der Waals surface area contributed by atoms with E-state index in [0.717, 1.165) is 6.54 Å². The first-order chi connectivity index (χ1) is 6.30. The molecule has 2 rings (SSSR count). The maximum atomic E-state index is 5.73. The van der Waals surface area contributed by atoms with Crippen LogP contribution < -0.4 is 10.5 Å². The van der Waals surface area contributed by atoms with Crippen molar-refractivity contribution in [1.82, 2.24) is 4.98 Å². The number of nitrogens with zero attached hydrogens (tertiary/aromatic N) is 1. The predicted molar refractivity (Wildman–Crippen MR) is 50.8 cm³/mol. The molecule has 2 N–H and O–H groups in total. The fraction of sp³-hybridized carbons (Fsp3) is 0.500. The molecule has 1 saturated carbocycles. The third-order valence-corrected chi connectivity index (χ3v) is 2.80. The van der Waals surface area contributed by atoms with Gasteiger partial charge in [0.1, 0.15) is 0 Å². The lowest BCUT2D eigenvalue weighted by atomic mass is 9.97. The lowest BCUT2D eigenvalue weighted by molar-refractivity contribution is 0.396. The van der Waals surface area contributed by atoms with Gasteiger partial charge in [0.15, 0.2) is 0 Å². The second-order valence-corrected chi connectivity index (χ2v) is 3.57. The van der Waals surface area contributed by atoms with Gasteiger partial charge in [-0.1, -0.05) is 0 Å². The van der Waals surface area contributed by atoms with Gasteiger partial charge in [-0.3, -0.25) is 0 Å². The molecule has 0 spiro atoms. The number of methoxy groups -OCH3 is 1. The second kappa shape index (κ2) is 3.00. The molecule has 3 nitrogen and oxygen atoms in total. The predicted octanol–water partition coefficient (Wildman–Crippen LogP) is 1.08. The highest BCUT2D eigenvalue weighted by atomic mass is 16.5. The van der Waals surface area contributed by atoms with Gasteiger partial charge in [-0.2, -0.15) is 0 Å². The number of pyridine rings is 1. The van der Waals surface area contributed by atoms with Crippen LogP contribution in [-0.2, 0) is 5.41 Å². The molecule has 0 radical (unpaired) electrons. The molecule has 1 aliphatic rings. The van der Waals surface area contributed by atoms with E-state index in [1.54, 1.807) is 13.3 Å². The van der Waals surface area contributed by atoms with Crippen molar-refractivity contribution in [1.29, 1.82) is 0 Å². The minimum atomic E-state index is 0.232. The van der Waals surface area contributed by atoms with Crippen molar-refractivity contribution in [3.8, 4) is 5.88 Å². The standard InChI is InChI=1S/C10H14N2O/c1-13-9-6-8(2-5-12-9)10(7-11)3-4-10/h2,5-6H,3-4,7,11H2,1H3. The number of rotatable bonds is 3. The molecule has 13 heavy (non-hydrogen) atoms. The highest BCUT2D eigenvalue weighted by Gasteiger charge is 2.42. The van der Waals surface area contributed by atoms with Gasteiger partial charge in [0, 0.05) is 24.2 Å².